The molecule has 1 aromatic carbocycles. The number of hydrogen-bond acceptors (Lipinski definition) is 3. The zero-order chi connectivity index (χ0) is 14.9. The summed E-state index contributed by atoms with van der Waals surface area (Å²) in [7, 11) is 0. The summed E-state index contributed by atoms with van der Waals surface area (Å²) in [4.78, 5) is 3.60. The van der Waals surface area contributed by atoms with Crippen LogP contribution >= 0.6 is 11.6 Å². The number of nitrogen functional groups attached to an aromatic ring is 1. The van der Waals surface area contributed by atoms with E-state index in [0.29, 0.717) is 23.2 Å². The minimum Gasteiger partial charge on any atom is -0.437 e. The number of pyridine rings is 1. The minimum atomic E-state index is -4.50. The van der Waals surface area contributed by atoms with Crippen LogP contribution in [0, 0.1) is 6.92 Å². The Kier molecular flexibility index (Phi) is 3.76. The fourth-order valence-corrected chi connectivity index (χ4v) is 1.71. The second-order valence-electron chi connectivity index (χ2n) is 4.08. The van der Waals surface area contributed by atoms with Crippen LogP contribution in [0.25, 0.3) is 0 Å². The second kappa shape index (κ2) is 5.20. The summed E-state index contributed by atoms with van der Waals surface area (Å²) in [6.45, 7) is 1.72. The molecule has 0 unspecified atom stereocenters. The molecule has 0 bridgehead atoms. The SMILES string of the molecule is Cc1c(N)cccc1Oc1ncc(C(F)(F)F)cc1Cl. The Morgan fingerprint density at radius 2 is 2.00 bits per heavy atom. The van der Waals surface area contributed by atoms with Gasteiger partial charge in [-0.25, -0.2) is 4.98 Å². The fourth-order valence-electron chi connectivity index (χ4n) is 1.50. The average molecular weight is 303 g/mol. The van der Waals surface area contributed by atoms with Gasteiger partial charge in [-0.2, -0.15) is 13.2 Å². The van der Waals surface area contributed by atoms with Crippen molar-refractivity contribution in [2.45, 2.75) is 13.1 Å². The first kappa shape index (κ1) is 14.5. The standard InChI is InChI=1S/C13H10ClF3N2O/c1-7-10(18)3-2-4-11(7)20-12-9(14)5-8(6-19-12)13(15,16)17/h2-6H,18H2,1H3. The lowest BCUT2D eigenvalue weighted by Gasteiger charge is -2.12. The highest BCUT2D eigenvalue weighted by atomic mass is 35.5. The van der Waals surface area contributed by atoms with Crippen LogP contribution in [0.2, 0.25) is 5.02 Å². The van der Waals surface area contributed by atoms with Crippen LogP contribution in [-0.4, -0.2) is 4.98 Å². The number of hydrogen-bond donors (Lipinski definition) is 1. The van der Waals surface area contributed by atoms with Crippen molar-refractivity contribution in [3.05, 3.63) is 46.6 Å². The van der Waals surface area contributed by atoms with Gasteiger partial charge in [0.1, 0.15) is 10.8 Å². The first-order valence-corrected chi connectivity index (χ1v) is 5.92. The monoisotopic (exact) mass is 302 g/mol. The summed E-state index contributed by atoms with van der Waals surface area (Å²) in [5, 5.41) is -0.221. The zero-order valence-electron chi connectivity index (χ0n) is 10.3. The van der Waals surface area contributed by atoms with Gasteiger partial charge in [0.2, 0.25) is 5.88 Å². The molecule has 2 N–H and O–H groups in total. The largest absolute Gasteiger partial charge is 0.437 e. The summed E-state index contributed by atoms with van der Waals surface area (Å²) < 4.78 is 42.9. The Morgan fingerprint density at radius 3 is 2.60 bits per heavy atom. The summed E-state index contributed by atoms with van der Waals surface area (Å²) in [5.41, 5.74) is 5.94. The molecular formula is C13H10ClF3N2O. The third-order valence-corrected chi connectivity index (χ3v) is 2.94. The highest BCUT2D eigenvalue weighted by Crippen LogP contribution is 2.35. The molecule has 0 saturated heterocycles. The molecule has 20 heavy (non-hydrogen) atoms. The molecule has 0 radical (unpaired) electrons. The second-order valence-corrected chi connectivity index (χ2v) is 4.49. The minimum absolute atomic E-state index is 0.103. The van der Waals surface area contributed by atoms with Crippen molar-refractivity contribution >= 4 is 17.3 Å². The van der Waals surface area contributed by atoms with Gasteiger partial charge in [-0.3, -0.25) is 0 Å². The molecule has 2 aromatic rings. The Hall–Kier alpha value is -1.95. The predicted molar refractivity (Wildman–Crippen MR) is 69.9 cm³/mol. The van der Waals surface area contributed by atoms with E-state index in [0.717, 1.165) is 6.07 Å². The number of aromatic nitrogens is 1. The first-order valence-electron chi connectivity index (χ1n) is 5.54. The lowest BCUT2D eigenvalue weighted by atomic mass is 10.2. The van der Waals surface area contributed by atoms with Gasteiger partial charge >= 0.3 is 6.18 Å². The van der Waals surface area contributed by atoms with Gasteiger partial charge in [0.05, 0.1) is 5.56 Å². The third kappa shape index (κ3) is 2.96. The molecule has 0 fully saturated rings. The van der Waals surface area contributed by atoms with Gasteiger partial charge in [0.15, 0.2) is 0 Å². The van der Waals surface area contributed by atoms with Gasteiger partial charge in [0.25, 0.3) is 0 Å². The molecule has 3 nitrogen and oxygen atoms in total. The summed E-state index contributed by atoms with van der Waals surface area (Å²) in [6, 6.07) is 5.74. The maximum absolute atomic E-state index is 12.5. The molecule has 2 rings (SSSR count). The number of alkyl halides is 3. The van der Waals surface area contributed by atoms with Crippen molar-refractivity contribution in [1.82, 2.24) is 4.98 Å². The van der Waals surface area contributed by atoms with Crippen LogP contribution in [0.5, 0.6) is 11.6 Å². The van der Waals surface area contributed by atoms with E-state index in [1.54, 1.807) is 25.1 Å². The summed E-state index contributed by atoms with van der Waals surface area (Å²) in [5.74, 6) is 0.285. The number of halogens is 4. The first-order chi connectivity index (χ1) is 9.29. The Morgan fingerprint density at radius 1 is 1.30 bits per heavy atom. The predicted octanol–water partition coefficient (Wildman–Crippen LogP) is 4.44. The van der Waals surface area contributed by atoms with Crippen LogP contribution in [0.15, 0.2) is 30.5 Å². The molecule has 0 spiro atoms. The molecule has 0 aliphatic rings. The number of rotatable bonds is 2. The smallest absolute Gasteiger partial charge is 0.417 e. The molecule has 0 saturated carbocycles. The zero-order valence-corrected chi connectivity index (χ0v) is 11.1. The van der Waals surface area contributed by atoms with E-state index in [1.165, 1.54) is 0 Å². The lowest BCUT2D eigenvalue weighted by molar-refractivity contribution is -0.137. The van der Waals surface area contributed by atoms with E-state index in [2.05, 4.69) is 4.98 Å². The fraction of sp³-hybridized carbons (Fsp3) is 0.154. The van der Waals surface area contributed by atoms with Crippen LogP contribution < -0.4 is 10.5 Å². The maximum Gasteiger partial charge on any atom is 0.417 e. The van der Waals surface area contributed by atoms with Crippen LogP contribution in [0.3, 0.4) is 0 Å². The van der Waals surface area contributed by atoms with Crippen molar-refractivity contribution in [3.63, 3.8) is 0 Å². The number of anilines is 1. The average Bonchev–Trinajstić information content (AvgIpc) is 2.36. The number of benzene rings is 1. The number of ether oxygens (including phenoxy) is 1. The van der Waals surface area contributed by atoms with E-state index < -0.39 is 11.7 Å². The highest BCUT2D eigenvalue weighted by Gasteiger charge is 2.31. The molecule has 106 valence electrons. The van der Waals surface area contributed by atoms with Gasteiger partial charge in [-0.15, -0.1) is 0 Å². The van der Waals surface area contributed by atoms with E-state index in [-0.39, 0.29) is 10.9 Å². The normalized spacial score (nSPS) is 11.4. The molecule has 0 aliphatic carbocycles. The third-order valence-electron chi connectivity index (χ3n) is 2.67. The molecule has 7 heteroatoms. The van der Waals surface area contributed by atoms with Gasteiger partial charge in [0, 0.05) is 17.4 Å². The molecule has 1 aromatic heterocycles. The van der Waals surface area contributed by atoms with E-state index >= 15 is 0 Å². The maximum atomic E-state index is 12.5. The Labute approximate surface area is 118 Å². The van der Waals surface area contributed by atoms with Crippen LogP contribution in [0.1, 0.15) is 11.1 Å². The Balaban J connectivity index is 2.33. The van der Waals surface area contributed by atoms with Crippen LogP contribution in [0.4, 0.5) is 18.9 Å². The number of nitrogens with zero attached hydrogens (tertiary/aromatic N) is 1. The van der Waals surface area contributed by atoms with Crippen LogP contribution in [-0.2, 0) is 6.18 Å². The molecule has 0 atom stereocenters. The van der Waals surface area contributed by atoms with Gasteiger partial charge in [-0.1, -0.05) is 17.7 Å². The summed E-state index contributed by atoms with van der Waals surface area (Å²) >= 11 is 5.76. The number of nitrogens with two attached hydrogens (primary N) is 1. The van der Waals surface area contributed by atoms with Gasteiger partial charge in [-0.05, 0) is 25.1 Å². The van der Waals surface area contributed by atoms with E-state index in [4.69, 9.17) is 22.1 Å². The van der Waals surface area contributed by atoms with E-state index in [1.807, 2.05) is 0 Å². The molecule has 1 heterocycles. The molecular weight excluding hydrogens is 293 g/mol. The van der Waals surface area contributed by atoms with Crippen molar-refractivity contribution in [2.24, 2.45) is 0 Å². The topological polar surface area (TPSA) is 48.1 Å². The lowest BCUT2D eigenvalue weighted by Crippen LogP contribution is -2.06. The van der Waals surface area contributed by atoms with Gasteiger partial charge < -0.3 is 10.5 Å². The van der Waals surface area contributed by atoms with E-state index in [9.17, 15) is 13.2 Å². The van der Waals surface area contributed by atoms with Crippen molar-refractivity contribution in [2.75, 3.05) is 5.73 Å². The molecule has 0 amide bonds. The molecule has 0 aliphatic heterocycles. The highest BCUT2D eigenvalue weighted by molar-refractivity contribution is 6.31. The summed E-state index contributed by atoms with van der Waals surface area (Å²) in [6.07, 6.45) is -3.83. The van der Waals surface area contributed by atoms with Crippen molar-refractivity contribution in [1.29, 1.82) is 0 Å². The quantitative estimate of drug-likeness (QED) is 0.834. The van der Waals surface area contributed by atoms with Crippen molar-refractivity contribution < 1.29 is 17.9 Å². The van der Waals surface area contributed by atoms with Crippen molar-refractivity contribution in [3.8, 4) is 11.6 Å². The Bertz CT molecular complexity index is 644.